The lowest BCUT2D eigenvalue weighted by atomic mass is 10.1. The van der Waals surface area contributed by atoms with Crippen LogP contribution in [0.1, 0.15) is 28.8 Å². The fourth-order valence-electron chi connectivity index (χ4n) is 2.92. The minimum atomic E-state index is -0.524. The number of allylic oxidation sites excluding steroid dienone is 1. The summed E-state index contributed by atoms with van der Waals surface area (Å²) in [5, 5.41) is 0.575. The Morgan fingerprint density at radius 2 is 2.12 bits per heavy atom. The Morgan fingerprint density at radius 3 is 2.88 bits per heavy atom. The van der Waals surface area contributed by atoms with E-state index < -0.39 is 12.1 Å². The fourth-order valence-corrected chi connectivity index (χ4v) is 3.12. The van der Waals surface area contributed by atoms with Gasteiger partial charge in [-0.3, -0.25) is 4.79 Å². The van der Waals surface area contributed by atoms with Gasteiger partial charge in [-0.15, -0.1) is 0 Å². The number of carbonyl (C=O) groups excluding carboxylic acids is 2. The number of carbonyl (C=O) groups is 2. The number of fused-ring (bicyclic) bond motifs is 1. The average molecular weight is 371 g/mol. The number of ether oxygens (including phenoxy) is 3. The molecule has 26 heavy (non-hydrogen) atoms. The van der Waals surface area contributed by atoms with Crippen molar-refractivity contribution in [2.75, 3.05) is 6.61 Å². The average Bonchev–Trinajstić information content (AvgIpc) is 3.24. The molecule has 0 saturated carbocycles. The van der Waals surface area contributed by atoms with Crippen LogP contribution in [0.25, 0.3) is 6.08 Å². The smallest absolute Gasteiger partial charge is 0.340 e. The van der Waals surface area contributed by atoms with Crippen molar-refractivity contribution in [3.8, 4) is 11.5 Å². The summed E-state index contributed by atoms with van der Waals surface area (Å²) in [6.07, 6.45) is 2.61. The van der Waals surface area contributed by atoms with E-state index >= 15 is 0 Å². The monoisotopic (exact) mass is 370 g/mol. The number of Topliss-reactive ketones (excluding diaryl/α,β-unsaturated/α-hetero) is 1. The Hall–Kier alpha value is -2.63. The molecule has 5 nitrogen and oxygen atoms in total. The molecule has 132 valence electrons. The second-order valence-corrected chi connectivity index (χ2v) is 6.51. The Labute approximate surface area is 155 Å². The van der Waals surface area contributed by atoms with Crippen molar-refractivity contribution in [3.05, 3.63) is 64.4 Å². The molecule has 6 heteroatoms. The molecule has 2 aliphatic heterocycles. The number of halogens is 1. The molecular weight excluding hydrogens is 356 g/mol. The summed E-state index contributed by atoms with van der Waals surface area (Å²) in [6.45, 7) is 0.569. The molecule has 0 amide bonds. The van der Waals surface area contributed by atoms with E-state index in [2.05, 4.69) is 0 Å². The van der Waals surface area contributed by atoms with Gasteiger partial charge in [0.15, 0.2) is 11.9 Å². The predicted octanol–water partition coefficient (Wildman–Crippen LogP) is 4.04. The molecule has 1 saturated heterocycles. The molecule has 0 N–H and O–H groups in total. The van der Waals surface area contributed by atoms with Crippen molar-refractivity contribution in [2.24, 2.45) is 0 Å². The molecule has 1 atom stereocenters. The van der Waals surface area contributed by atoms with Crippen LogP contribution >= 0.6 is 11.6 Å². The first-order valence-corrected chi connectivity index (χ1v) is 8.65. The van der Waals surface area contributed by atoms with Crippen LogP contribution in [0.2, 0.25) is 5.02 Å². The van der Waals surface area contributed by atoms with Gasteiger partial charge in [0.25, 0.3) is 0 Å². The van der Waals surface area contributed by atoms with Gasteiger partial charge in [-0.05, 0) is 48.7 Å². The quantitative estimate of drug-likeness (QED) is 0.463. The topological polar surface area (TPSA) is 61.8 Å². The van der Waals surface area contributed by atoms with E-state index in [1.54, 1.807) is 42.5 Å². The molecular formula is C20H15ClO5. The zero-order valence-corrected chi connectivity index (χ0v) is 14.5. The van der Waals surface area contributed by atoms with Crippen LogP contribution in [-0.2, 0) is 9.53 Å². The summed E-state index contributed by atoms with van der Waals surface area (Å²) in [7, 11) is 0. The van der Waals surface area contributed by atoms with Gasteiger partial charge in [-0.2, -0.15) is 0 Å². The molecule has 0 spiro atoms. The lowest BCUT2D eigenvalue weighted by molar-refractivity contribution is -0.144. The molecule has 0 bridgehead atoms. The number of esters is 1. The Morgan fingerprint density at radius 1 is 1.23 bits per heavy atom. The van der Waals surface area contributed by atoms with E-state index in [1.165, 1.54) is 0 Å². The van der Waals surface area contributed by atoms with Gasteiger partial charge in [0.1, 0.15) is 11.5 Å². The number of rotatable bonds is 3. The minimum Gasteiger partial charge on any atom is -0.452 e. The number of hydrogen-bond donors (Lipinski definition) is 0. The zero-order chi connectivity index (χ0) is 18.1. The molecule has 1 unspecified atom stereocenters. The van der Waals surface area contributed by atoms with Crippen LogP contribution in [0.4, 0.5) is 0 Å². The highest BCUT2D eigenvalue weighted by Gasteiger charge is 2.29. The van der Waals surface area contributed by atoms with Gasteiger partial charge in [-0.1, -0.05) is 23.7 Å². The van der Waals surface area contributed by atoms with E-state index in [0.717, 1.165) is 12.0 Å². The van der Waals surface area contributed by atoms with Gasteiger partial charge < -0.3 is 14.2 Å². The third kappa shape index (κ3) is 3.36. The van der Waals surface area contributed by atoms with Crippen LogP contribution < -0.4 is 9.47 Å². The fraction of sp³-hybridized carbons (Fsp3) is 0.200. The summed E-state index contributed by atoms with van der Waals surface area (Å²) < 4.78 is 16.3. The SMILES string of the molecule is O=C1/C(=C/c2cccc(Cl)c2)Oc2cc(OC(=O)C3CCCO3)ccc21. The van der Waals surface area contributed by atoms with Gasteiger partial charge >= 0.3 is 5.97 Å². The lowest BCUT2D eigenvalue weighted by Crippen LogP contribution is -2.24. The summed E-state index contributed by atoms with van der Waals surface area (Å²) in [6, 6.07) is 11.8. The second kappa shape index (κ2) is 6.94. The minimum absolute atomic E-state index is 0.199. The maximum absolute atomic E-state index is 12.5. The highest BCUT2D eigenvalue weighted by atomic mass is 35.5. The summed E-state index contributed by atoms with van der Waals surface area (Å²) in [5.41, 5.74) is 1.19. The van der Waals surface area contributed by atoms with Crippen LogP contribution in [0.5, 0.6) is 11.5 Å². The third-order valence-electron chi connectivity index (χ3n) is 4.20. The van der Waals surface area contributed by atoms with Gasteiger partial charge in [0, 0.05) is 17.7 Å². The predicted molar refractivity (Wildman–Crippen MR) is 95.4 cm³/mol. The van der Waals surface area contributed by atoms with Gasteiger partial charge in [-0.25, -0.2) is 4.79 Å². The van der Waals surface area contributed by atoms with Crippen molar-refractivity contribution in [3.63, 3.8) is 0 Å². The first kappa shape index (κ1) is 16.8. The molecule has 1 fully saturated rings. The van der Waals surface area contributed by atoms with Gasteiger partial charge in [0.2, 0.25) is 5.78 Å². The lowest BCUT2D eigenvalue weighted by Gasteiger charge is -2.09. The van der Waals surface area contributed by atoms with Crippen molar-refractivity contribution < 1.29 is 23.8 Å². The Kier molecular flexibility index (Phi) is 4.49. The van der Waals surface area contributed by atoms with E-state index in [1.807, 2.05) is 6.07 Å². The third-order valence-corrected chi connectivity index (χ3v) is 4.43. The summed E-state index contributed by atoms with van der Waals surface area (Å²) in [4.78, 5) is 24.5. The number of hydrogen-bond acceptors (Lipinski definition) is 5. The molecule has 2 aromatic rings. The zero-order valence-electron chi connectivity index (χ0n) is 13.7. The number of benzene rings is 2. The van der Waals surface area contributed by atoms with Crippen LogP contribution in [0.15, 0.2) is 48.2 Å². The highest BCUT2D eigenvalue weighted by molar-refractivity contribution is 6.30. The number of ketones is 1. The van der Waals surface area contributed by atoms with Gasteiger partial charge in [0.05, 0.1) is 5.56 Å². The molecule has 2 aromatic carbocycles. The summed E-state index contributed by atoms with van der Waals surface area (Å²) >= 11 is 5.97. The van der Waals surface area contributed by atoms with Crippen LogP contribution in [0.3, 0.4) is 0 Å². The second-order valence-electron chi connectivity index (χ2n) is 6.08. The van der Waals surface area contributed by atoms with Crippen LogP contribution in [-0.4, -0.2) is 24.5 Å². The molecule has 2 heterocycles. The van der Waals surface area contributed by atoms with Crippen molar-refractivity contribution in [1.29, 1.82) is 0 Å². The van der Waals surface area contributed by atoms with Crippen LogP contribution in [0, 0.1) is 0 Å². The van der Waals surface area contributed by atoms with Crippen molar-refractivity contribution in [2.45, 2.75) is 18.9 Å². The molecule has 0 aromatic heterocycles. The van der Waals surface area contributed by atoms with Crippen molar-refractivity contribution in [1.82, 2.24) is 0 Å². The molecule has 4 rings (SSSR count). The van der Waals surface area contributed by atoms with E-state index in [0.29, 0.717) is 35.1 Å². The Bertz CT molecular complexity index is 912. The Balaban J connectivity index is 1.53. The maximum Gasteiger partial charge on any atom is 0.340 e. The van der Waals surface area contributed by atoms with E-state index in [4.69, 9.17) is 25.8 Å². The highest BCUT2D eigenvalue weighted by Crippen LogP contribution is 2.35. The first-order chi connectivity index (χ1) is 12.6. The molecule has 0 aliphatic carbocycles. The largest absolute Gasteiger partial charge is 0.452 e. The maximum atomic E-state index is 12.5. The van der Waals surface area contributed by atoms with E-state index in [-0.39, 0.29) is 11.5 Å². The first-order valence-electron chi connectivity index (χ1n) is 8.27. The van der Waals surface area contributed by atoms with Crippen molar-refractivity contribution >= 4 is 29.4 Å². The molecule has 2 aliphatic rings. The summed E-state index contributed by atoms with van der Waals surface area (Å²) in [5.74, 6) is 0.227. The van der Waals surface area contributed by atoms with E-state index in [9.17, 15) is 9.59 Å². The normalized spacial score (nSPS) is 20.1. The standard InChI is InChI=1S/C20H15ClO5/c21-13-4-1-3-12(9-13)10-18-19(22)15-7-6-14(11-17(15)26-18)25-20(23)16-5-2-8-24-16/h1,3-4,6-7,9-11,16H,2,5,8H2/b18-10-. The molecule has 0 radical (unpaired) electrons.